The van der Waals surface area contributed by atoms with E-state index in [9.17, 15) is 5.11 Å². The SMILES string of the molecule is C[C@H](/C=C/C[C@@H](CO)NC(c1ccccc1)c1ccccc1)COCc1ccccc1. The van der Waals surface area contributed by atoms with Gasteiger partial charge in [0.15, 0.2) is 0 Å². The summed E-state index contributed by atoms with van der Waals surface area (Å²) in [5.41, 5.74) is 3.58. The van der Waals surface area contributed by atoms with Gasteiger partial charge in [0, 0.05) is 6.04 Å². The van der Waals surface area contributed by atoms with E-state index in [1.165, 1.54) is 16.7 Å². The van der Waals surface area contributed by atoms with Crippen LogP contribution < -0.4 is 5.32 Å². The van der Waals surface area contributed by atoms with Crippen LogP contribution in [0.25, 0.3) is 0 Å². The van der Waals surface area contributed by atoms with Gasteiger partial charge in [0.1, 0.15) is 0 Å². The highest BCUT2D eigenvalue weighted by Crippen LogP contribution is 2.23. The van der Waals surface area contributed by atoms with Gasteiger partial charge in [0.05, 0.1) is 25.9 Å². The minimum Gasteiger partial charge on any atom is -0.395 e. The molecule has 3 nitrogen and oxygen atoms in total. The lowest BCUT2D eigenvalue weighted by molar-refractivity contribution is 0.104. The van der Waals surface area contributed by atoms with Gasteiger partial charge in [-0.05, 0) is 29.0 Å². The molecule has 3 aromatic carbocycles. The average Bonchev–Trinajstić information content (AvgIpc) is 2.83. The van der Waals surface area contributed by atoms with E-state index < -0.39 is 0 Å². The Hall–Kier alpha value is -2.72. The summed E-state index contributed by atoms with van der Waals surface area (Å²) in [6.07, 6.45) is 5.09. The number of aliphatic hydroxyl groups is 1. The van der Waals surface area contributed by atoms with Crippen LogP contribution in [-0.4, -0.2) is 24.4 Å². The lowest BCUT2D eigenvalue weighted by Crippen LogP contribution is -2.36. The maximum atomic E-state index is 9.98. The third-order valence-corrected chi connectivity index (χ3v) is 5.27. The zero-order valence-corrected chi connectivity index (χ0v) is 18.2. The lowest BCUT2D eigenvalue weighted by Gasteiger charge is -2.25. The molecule has 2 N–H and O–H groups in total. The van der Waals surface area contributed by atoms with Crippen molar-refractivity contribution in [3.8, 4) is 0 Å². The summed E-state index contributed by atoms with van der Waals surface area (Å²) in [6.45, 7) is 3.55. The van der Waals surface area contributed by atoms with Crippen LogP contribution in [0.5, 0.6) is 0 Å². The molecule has 0 aliphatic heterocycles. The third-order valence-electron chi connectivity index (χ3n) is 5.27. The average molecular weight is 416 g/mol. The van der Waals surface area contributed by atoms with Crippen molar-refractivity contribution >= 4 is 0 Å². The summed E-state index contributed by atoms with van der Waals surface area (Å²) < 4.78 is 5.83. The number of ether oxygens (including phenoxy) is 1. The minimum absolute atomic E-state index is 0.0286. The van der Waals surface area contributed by atoms with Crippen LogP contribution >= 0.6 is 0 Å². The van der Waals surface area contributed by atoms with Crippen molar-refractivity contribution in [3.63, 3.8) is 0 Å². The molecule has 3 rings (SSSR count). The Bertz CT molecular complexity index is 841. The molecule has 0 fully saturated rings. The summed E-state index contributed by atoms with van der Waals surface area (Å²) in [7, 11) is 0. The van der Waals surface area contributed by atoms with Crippen LogP contribution in [0.2, 0.25) is 0 Å². The molecule has 0 aliphatic rings. The predicted octanol–water partition coefficient (Wildman–Crippen LogP) is 5.53. The highest BCUT2D eigenvalue weighted by Gasteiger charge is 2.17. The third kappa shape index (κ3) is 7.80. The van der Waals surface area contributed by atoms with Crippen molar-refractivity contribution < 1.29 is 9.84 Å². The van der Waals surface area contributed by atoms with Crippen molar-refractivity contribution in [2.45, 2.75) is 32.0 Å². The minimum atomic E-state index is -0.0286. The van der Waals surface area contributed by atoms with Crippen molar-refractivity contribution in [1.82, 2.24) is 5.32 Å². The van der Waals surface area contributed by atoms with Gasteiger partial charge < -0.3 is 15.2 Å². The molecule has 3 heteroatoms. The Morgan fingerprint density at radius 2 is 1.39 bits per heavy atom. The van der Waals surface area contributed by atoms with Gasteiger partial charge in [-0.3, -0.25) is 0 Å². The first-order valence-electron chi connectivity index (χ1n) is 11.0. The summed E-state index contributed by atoms with van der Waals surface area (Å²) in [6, 6.07) is 31.0. The van der Waals surface area contributed by atoms with E-state index in [0.717, 1.165) is 6.42 Å². The van der Waals surface area contributed by atoms with E-state index in [4.69, 9.17) is 4.74 Å². The highest BCUT2D eigenvalue weighted by atomic mass is 16.5. The van der Waals surface area contributed by atoms with E-state index in [1.807, 2.05) is 30.3 Å². The van der Waals surface area contributed by atoms with Crippen LogP contribution in [-0.2, 0) is 11.3 Å². The van der Waals surface area contributed by atoms with Gasteiger partial charge >= 0.3 is 0 Å². The van der Waals surface area contributed by atoms with Gasteiger partial charge in [-0.1, -0.05) is 110 Å². The summed E-state index contributed by atoms with van der Waals surface area (Å²) in [5, 5.41) is 13.6. The molecule has 162 valence electrons. The van der Waals surface area contributed by atoms with Crippen LogP contribution in [0.3, 0.4) is 0 Å². The van der Waals surface area contributed by atoms with Crippen molar-refractivity contribution in [3.05, 3.63) is 120 Å². The summed E-state index contributed by atoms with van der Waals surface area (Å²) in [4.78, 5) is 0. The molecule has 0 saturated carbocycles. The first kappa shape index (κ1) is 23.0. The van der Waals surface area contributed by atoms with Crippen LogP contribution in [0.15, 0.2) is 103 Å². The van der Waals surface area contributed by atoms with Gasteiger partial charge in [0.25, 0.3) is 0 Å². The van der Waals surface area contributed by atoms with Crippen molar-refractivity contribution in [2.24, 2.45) is 5.92 Å². The second-order valence-electron chi connectivity index (χ2n) is 7.94. The Balaban J connectivity index is 1.53. The normalized spacial score (nSPS) is 13.5. The zero-order chi connectivity index (χ0) is 21.7. The van der Waals surface area contributed by atoms with Crippen molar-refractivity contribution in [2.75, 3.05) is 13.2 Å². The maximum absolute atomic E-state index is 9.98. The molecular formula is C28H33NO2. The number of hydrogen-bond donors (Lipinski definition) is 2. The topological polar surface area (TPSA) is 41.5 Å². The molecule has 31 heavy (non-hydrogen) atoms. The fraction of sp³-hybridized carbons (Fsp3) is 0.286. The van der Waals surface area contributed by atoms with Gasteiger partial charge in [-0.25, -0.2) is 0 Å². The molecule has 0 unspecified atom stereocenters. The molecule has 0 saturated heterocycles. The van der Waals surface area contributed by atoms with E-state index in [0.29, 0.717) is 19.1 Å². The predicted molar refractivity (Wildman–Crippen MR) is 128 cm³/mol. The smallest absolute Gasteiger partial charge is 0.0717 e. The first-order valence-corrected chi connectivity index (χ1v) is 11.0. The number of rotatable bonds is 12. The highest BCUT2D eigenvalue weighted by molar-refractivity contribution is 5.31. The molecule has 3 aromatic rings. The Morgan fingerprint density at radius 3 is 1.94 bits per heavy atom. The summed E-state index contributed by atoms with van der Waals surface area (Å²) in [5.74, 6) is 0.321. The second-order valence-corrected chi connectivity index (χ2v) is 7.94. The van der Waals surface area contributed by atoms with Crippen LogP contribution in [0.1, 0.15) is 36.1 Å². The molecule has 0 spiro atoms. The largest absolute Gasteiger partial charge is 0.395 e. The summed E-state index contributed by atoms with van der Waals surface area (Å²) >= 11 is 0. The molecule has 0 amide bonds. The number of nitrogens with one attached hydrogen (secondary N) is 1. The molecule has 0 heterocycles. The van der Waals surface area contributed by atoms with E-state index in [1.54, 1.807) is 0 Å². The maximum Gasteiger partial charge on any atom is 0.0717 e. The Morgan fingerprint density at radius 1 is 0.839 bits per heavy atom. The fourth-order valence-electron chi connectivity index (χ4n) is 3.57. The fourth-order valence-corrected chi connectivity index (χ4v) is 3.57. The number of hydrogen-bond acceptors (Lipinski definition) is 3. The molecule has 0 aliphatic carbocycles. The molecule has 0 aromatic heterocycles. The Kier molecular flexibility index (Phi) is 9.52. The van der Waals surface area contributed by atoms with Gasteiger partial charge in [-0.15, -0.1) is 0 Å². The van der Waals surface area contributed by atoms with Gasteiger partial charge in [-0.2, -0.15) is 0 Å². The monoisotopic (exact) mass is 415 g/mol. The molecule has 0 radical (unpaired) electrons. The molecule has 2 atom stereocenters. The Labute approximate surface area is 186 Å². The first-order chi connectivity index (χ1) is 15.3. The van der Waals surface area contributed by atoms with Crippen molar-refractivity contribution in [1.29, 1.82) is 0 Å². The van der Waals surface area contributed by atoms with E-state index in [2.05, 4.69) is 85.1 Å². The standard InChI is InChI=1S/C28H33NO2/c1-23(21-31-22-24-13-5-2-6-14-24)12-11-19-27(20-30)29-28(25-15-7-3-8-16-25)26-17-9-4-10-18-26/h2-18,23,27-30H,19-22H2,1H3/b12-11+/t23-,27+/m1/s1. The quantitative estimate of drug-likeness (QED) is 0.382. The molecule has 0 bridgehead atoms. The molecular weight excluding hydrogens is 382 g/mol. The zero-order valence-electron chi connectivity index (χ0n) is 18.2. The lowest BCUT2D eigenvalue weighted by atomic mass is 9.97. The number of aliphatic hydroxyl groups excluding tert-OH is 1. The van der Waals surface area contributed by atoms with Crippen LogP contribution in [0, 0.1) is 5.92 Å². The van der Waals surface area contributed by atoms with E-state index >= 15 is 0 Å². The van der Waals surface area contributed by atoms with Gasteiger partial charge in [0.2, 0.25) is 0 Å². The second kappa shape index (κ2) is 12.9. The van der Waals surface area contributed by atoms with Crippen LogP contribution in [0.4, 0.5) is 0 Å². The number of benzene rings is 3. The van der Waals surface area contributed by atoms with E-state index in [-0.39, 0.29) is 18.7 Å².